The van der Waals surface area contributed by atoms with Crippen molar-refractivity contribution in [1.29, 1.82) is 0 Å². The third kappa shape index (κ3) is 1.98. The second kappa shape index (κ2) is 5.13. The zero-order valence-corrected chi connectivity index (χ0v) is 13.6. The maximum atomic E-state index is 12.6. The van der Waals surface area contributed by atoms with Crippen LogP contribution in [-0.2, 0) is 19.2 Å². The van der Waals surface area contributed by atoms with Gasteiger partial charge in [-0.15, -0.1) is 0 Å². The first kappa shape index (κ1) is 16.0. The lowest BCUT2D eigenvalue weighted by atomic mass is 9.75. The van der Waals surface area contributed by atoms with Crippen LogP contribution in [0.2, 0.25) is 0 Å². The molecule has 2 aliphatic rings. The Kier molecular flexibility index (Phi) is 3.73. The van der Waals surface area contributed by atoms with E-state index in [-0.39, 0.29) is 45.4 Å². The standard InChI is InChI=1S/C18H18O4/c1-7-9(3)17(21)13(11(5)15(7)19)14-12(6)16(20)8(2)10(4)18(14)22/h1-6H3. The molecule has 0 saturated carbocycles. The highest BCUT2D eigenvalue weighted by atomic mass is 16.1. The van der Waals surface area contributed by atoms with Crippen LogP contribution in [0.5, 0.6) is 0 Å². The molecule has 2 aliphatic carbocycles. The summed E-state index contributed by atoms with van der Waals surface area (Å²) in [5, 5.41) is 0. The van der Waals surface area contributed by atoms with Gasteiger partial charge in [0.25, 0.3) is 0 Å². The number of carbonyl (C=O) groups is 4. The van der Waals surface area contributed by atoms with Crippen molar-refractivity contribution >= 4 is 23.1 Å². The third-order valence-corrected chi connectivity index (χ3v) is 4.62. The van der Waals surface area contributed by atoms with Gasteiger partial charge in [-0.3, -0.25) is 19.2 Å². The Morgan fingerprint density at radius 3 is 0.864 bits per heavy atom. The Balaban J connectivity index is 2.76. The summed E-state index contributed by atoms with van der Waals surface area (Å²) < 4.78 is 0. The van der Waals surface area contributed by atoms with Gasteiger partial charge in [0.15, 0.2) is 23.1 Å². The Bertz CT molecular complexity index is 727. The van der Waals surface area contributed by atoms with Gasteiger partial charge in [0.2, 0.25) is 0 Å². The lowest BCUT2D eigenvalue weighted by Crippen LogP contribution is -2.29. The molecule has 0 heterocycles. The third-order valence-electron chi connectivity index (χ3n) is 4.62. The Morgan fingerprint density at radius 2 is 0.591 bits per heavy atom. The first-order chi connectivity index (χ1) is 10.1. The van der Waals surface area contributed by atoms with E-state index in [1.54, 1.807) is 27.7 Å². The second-order valence-electron chi connectivity index (χ2n) is 5.82. The van der Waals surface area contributed by atoms with Gasteiger partial charge in [0.05, 0.1) is 0 Å². The Labute approximate surface area is 129 Å². The molecule has 0 atom stereocenters. The molecule has 0 N–H and O–H groups in total. The number of allylic oxidation sites excluding steroid dienone is 8. The predicted molar refractivity (Wildman–Crippen MR) is 82.2 cm³/mol. The monoisotopic (exact) mass is 298 g/mol. The van der Waals surface area contributed by atoms with Gasteiger partial charge in [-0.05, 0) is 41.5 Å². The minimum atomic E-state index is -0.350. The number of ketones is 4. The summed E-state index contributed by atoms with van der Waals surface area (Å²) in [4.78, 5) is 49.7. The smallest absolute Gasteiger partial charge is 0.190 e. The van der Waals surface area contributed by atoms with E-state index in [0.29, 0.717) is 22.3 Å². The van der Waals surface area contributed by atoms with Crippen LogP contribution < -0.4 is 0 Å². The molecule has 0 unspecified atom stereocenters. The minimum Gasteiger partial charge on any atom is -0.289 e. The lowest BCUT2D eigenvalue weighted by Gasteiger charge is -2.24. The molecule has 22 heavy (non-hydrogen) atoms. The summed E-state index contributed by atoms with van der Waals surface area (Å²) in [5.74, 6) is -1.21. The van der Waals surface area contributed by atoms with Crippen LogP contribution in [0.25, 0.3) is 0 Å². The number of hydrogen-bond donors (Lipinski definition) is 0. The van der Waals surface area contributed by atoms with Crippen LogP contribution >= 0.6 is 0 Å². The van der Waals surface area contributed by atoms with Gasteiger partial charge >= 0.3 is 0 Å². The van der Waals surface area contributed by atoms with Crippen molar-refractivity contribution in [2.24, 2.45) is 0 Å². The molecule has 0 amide bonds. The summed E-state index contributed by atoms with van der Waals surface area (Å²) in [5.41, 5.74) is 2.06. The molecule has 4 heteroatoms. The van der Waals surface area contributed by atoms with Crippen molar-refractivity contribution < 1.29 is 19.2 Å². The fourth-order valence-electron chi connectivity index (χ4n) is 2.79. The fraction of sp³-hybridized carbons (Fsp3) is 0.333. The summed E-state index contributed by atoms with van der Waals surface area (Å²) >= 11 is 0. The van der Waals surface area contributed by atoms with E-state index in [2.05, 4.69) is 0 Å². The average molecular weight is 298 g/mol. The molecule has 0 saturated heterocycles. The van der Waals surface area contributed by atoms with Gasteiger partial charge in [-0.1, -0.05) is 0 Å². The van der Waals surface area contributed by atoms with Crippen molar-refractivity contribution in [3.05, 3.63) is 44.6 Å². The molecule has 0 aromatic carbocycles. The summed E-state index contributed by atoms with van der Waals surface area (Å²) in [7, 11) is 0. The molecule has 2 rings (SSSR count). The second-order valence-corrected chi connectivity index (χ2v) is 5.82. The van der Waals surface area contributed by atoms with Crippen molar-refractivity contribution in [2.45, 2.75) is 41.5 Å². The van der Waals surface area contributed by atoms with E-state index in [4.69, 9.17) is 0 Å². The lowest BCUT2D eigenvalue weighted by molar-refractivity contribution is -0.118. The highest BCUT2D eigenvalue weighted by Crippen LogP contribution is 2.35. The minimum absolute atomic E-state index is 0.0794. The molecule has 0 fully saturated rings. The normalized spacial score (nSPS) is 20.8. The van der Waals surface area contributed by atoms with E-state index < -0.39 is 0 Å². The molecule has 0 radical (unpaired) electrons. The quantitative estimate of drug-likeness (QED) is 0.698. The molecule has 0 aromatic heterocycles. The summed E-state index contributed by atoms with van der Waals surface area (Å²) in [6.07, 6.45) is 0. The van der Waals surface area contributed by atoms with Gasteiger partial charge in [0.1, 0.15) is 0 Å². The number of Topliss-reactive ketones (excluding diaryl/α,β-unsaturated/α-hetero) is 4. The van der Waals surface area contributed by atoms with Crippen molar-refractivity contribution in [1.82, 2.24) is 0 Å². The topological polar surface area (TPSA) is 68.3 Å². The van der Waals surface area contributed by atoms with Crippen LogP contribution in [0, 0.1) is 0 Å². The SMILES string of the molecule is CC1=C(C)C(=O)C(C2=C(C)C(=O)C(C)=C(C)C2=O)=C(C)C1=O. The van der Waals surface area contributed by atoms with E-state index in [1.165, 1.54) is 13.8 Å². The Morgan fingerprint density at radius 1 is 0.364 bits per heavy atom. The van der Waals surface area contributed by atoms with Gasteiger partial charge in [0, 0.05) is 44.6 Å². The largest absolute Gasteiger partial charge is 0.289 e. The maximum absolute atomic E-state index is 12.6. The molecular formula is C18H18O4. The molecule has 4 nitrogen and oxygen atoms in total. The van der Waals surface area contributed by atoms with Gasteiger partial charge in [-0.25, -0.2) is 0 Å². The van der Waals surface area contributed by atoms with Crippen LogP contribution in [0.15, 0.2) is 44.6 Å². The zero-order chi connectivity index (χ0) is 16.9. The first-order valence-electron chi connectivity index (χ1n) is 7.07. The number of rotatable bonds is 1. The molecule has 0 spiro atoms. The summed E-state index contributed by atoms with van der Waals surface area (Å²) in [6.45, 7) is 9.40. The van der Waals surface area contributed by atoms with Gasteiger partial charge in [-0.2, -0.15) is 0 Å². The van der Waals surface area contributed by atoms with E-state index in [0.717, 1.165) is 0 Å². The van der Waals surface area contributed by atoms with Crippen LogP contribution in [0.3, 0.4) is 0 Å². The van der Waals surface area contributed by atoms with Crippen molar-refractivity contribution in [3.63, 3.8) is 0 Å². The van der Waals surface area contributed by atoms with Crippen LogP contribution in [-0.4, -0.2) is 23.1 Å². The summed E-state index contributed by atoms with van der Waals surface area (Å²) in [6, 6.07) is 0. The number of hydrogen-bond acceptors (Lipinski definition) is 4. The van der Waals surface area contributed by atoms with Crippen LogP contribution in [0.1, 0.15) is 41.5 Å². The molecule has 0 aliphatic heterocycles. The number of carbonyl (C=O) groups excluding carboxylic acids is 4. The average Bonchev–Trinajstić information content (AvgIpc) is 2.50. The van der Waals surface area contributed by atoms with Gasteiger partial charge < -0.3 is 0 Å². The molecule has 0 bridgehead atoms. The maximum Gasteiger partial charge on any atom is 0.190 e. The van der Waals surface area contributed by atoms with E-state index in [9.17, 15) is 19.2 Å². The fourth-order valence-corrected chi connectivity index (χ4v) is 2.79. The van der Waals surface area contributed by atoms with Crippen molar-refractivity contribution in [2.75, 3.05) is 0 Å². The zero-order valence-electron chi connectivity index (χ0n) is 13.6. The van der Waals surface area contributed by atoms with E-state index in [1.807, 2.05) is 0 Å². The van der Waals surface area contributed by atoms with Crippen molar-refractivity contribution in [3.8, 4) is 0 Å². The Hall–Kier alpha value is -2.36. The molecule has 0 aromatic rings. The van der Waals surface area contributed by atoms with E-state index >= 15 is 0 Å². The first-order valence-corrected chi connectivity index (χ1v) is 7.07. The molecule has 114 valence electrons. The highest BCUT2D eigenvalue weighted by Gasteiger charge is 2.37. The van der Waals surface area contributed by atoms with Crippen LogP contribution in [0.4, 0.5) is 0 Å². The highest BCUT2D eigenvalue weighted by molar-refractivity contribution is 6.35. The predicted octanol–water partition coefficient (Wildman–Crippen LogP) is 2.60. The molecular weight excluding hydrogens is 280 g/mol.